The highest BCUT2D eigenvalue weighted by molar-refractivity contribution is 5.68. The zero-order valence-corrected chi connectivity index (χ0v) is 15.4. The zero-order valence-electron chi connectivity index (χ0n) is 15.4. The highest BCUT2D eigenvalue weighted by Gasteiger charge is 2.23. The first kappa shape index (κ1) is 17.9. The first-order valence-electron chi connectivity index (χ1n) is 8.62. The molecule has 26 heavy (non-hydrogen) atoms. The minimum atomic E-state index is -0.269. The molecule has 1 saturated heterocycles. The molecule has 2 aromatic carbocycles. The Morgan fingerprint density at radius 3 is 2.19 bits per heavy atom. The van der Waals surface area contributed by atoms with Crippen LogP contribution in [-0.2, 0) is 4.74 Å². The van der Waals surface area contributed by atoms with Gasteiger partial charge in [-0.1, -0.05) is 18.2 Å². The van der Waals surface area contributed by atoms with Crippen LogP contribution in [-0.4, -0.2) is 51.4 Å². The Kier molecular flexibility index (Phi) is 5.51. The van der Waals surface area contributed by atoms with E-state index in [2.05, 4.69) is 11.0 Å². The third kappa shape index (κ3) is 3.69. The predicted octanol–water partition coefficient (Wildman–Crippen LogP) is 3.68. The second-order valence-corrected chi connectivity index (χ2v) is 6.10. The molecule has 6 heteroatoms. The molecule has 3 rings (SSSR count). The number of anilines is 1. The van der Waals surface area contributed by atoms with Gasteiger partial charge < -0.3 is 24.0 Å². The summed E-state index contributed by atoms with van der Waals surface area (Å²) in [5.41, 5.74) is 2.17. The van der Waals surface area contributed by atoms with E-state index in [-0.39, 0.29) is 6.09 Å². The van der Waals surface area contributed by atoms with E-state index >= 15 is 0 Å². The van der Waals surface area contributed by atoms with E-state index < -0.39 is 0 Å². The number of amides is 1. The lowest BCUT2D eigenvalue weighted by Gasteiger charge is -2.36. The molecule has 0 saturated carbocycles. The third-order valence-corrected chi connectivity index (χ3v) is 4.60. The molecule has 0 spiro atoms. The Hall–Kier alpha value is -2.89. The van der Waals surface area contributed by atoms with Crippen LogP contribution in [0.15, 0.2) is 42.5 Å². The molecular weight excluding hydrogens is 332 g/mol. The van der Waals surface area contributed by atoms with E-state index in [1.165, 1.54) is 7.11 Å². The van der Waals surface area contributed by atoms with Crippen molar-refractivity contribution < 1.29 is 19.0 Å². The van der Waals surface area contributed by atoms with E-state index in [1.807, 2.05) is 43.3 Å². The van der Waals surface area contributed by atoms with Crippen LogP contribution < -0.4 is 14.4 Å². The van der Waals surface area contributed by atoms with Gasteiger partial charge in [-0.25, -0.2) is 4.79 Å². The monoisotopic (exact) mass is 356 g/mol. The smallest absolute Gasteiger partial charge is 0.409 e. The number of carbonyl (C=O) groups is 1. The van der Waals surface area contributed by atoms with Gasteiger partial charge in [-0.3, -0.25) is 0 Å². The molecule has 2 aromatic rings. The molecular formula is C20H24N2O4. The van der Waals surface area contributed by atoms with Gasteiger partial charge in [0.25, 0.3) is 0 Å². The van der Waals surface area contributed by atoms with E-state index in [0.29, 0.717) is 24.6 Å². The minimum absolute atomic E-state index is 0.269. The molecule has 6 nitrogen and oxygen atoms in total. The van der Waals surface area contributed by atoms with Crippen molar-refractivity contribution in [2.75, 3.05) is 45.3 Å². The Labute approximate surface area is 153 Å². The fraction of sp³-hybridized carbons (Fsp3) is 0.350. The first-order valence-corrected chi connectivity index (χ1v) is 8.62. The van der Waals surface area contributed by atoms with Crippen LogP contribution in [0.25, 0.3) is 0 Å². The molecule has 1 fully saturated rings. The van der Waals surface area contributed by atoms with Gasteiger partial charge in [0.2, 0.25) is 0 Å². The molecule has 1 aliphatic rings. The Balaban J connectivity index is 1.77. The van der Waals surface area contributed by atoms with E-state index in [4.69, 9.17) is 14.2 Å². The van der Waals surface area contributed by atoms with Crippen molar-refractivity contribution >= 4 is 11.8 Å². The molecule has 0 N–H and O–H groups in total. The van der Waals surface area contributed by atoms with Gasteiger partial charge in [0.05, 0.1) is 14.2 Å². The van der Waals surface area contributed by atoms with Gasteiger partial charge in [-0.15, -0.1) is 0 Å². The van der Waals surface area contributed by atoms with Gasteiger partial charge in [0, 0.05) is 37.4 Å². The molecule has 0 atom stereocenters. The highest BCUT2D eigenvalue weighted by atomic mass is 16.5. The number of para-hydroxylation sites is 2. The van der Waals surface area contributed by atoms with Crippen molar-refractivity contribution in [3.8, 4) is 17.2 Å². The lowest BCUT2D eigenvalue weighted by atomic mass is 10.1. The molecule has 138 valence electrons. The van der Waals surface area contributed by atoms with Crippen LogP contribution in [0.5, 0.6) is 17.2 Å². The predicted molar refractivity (Wildman–Crippen MR) is 100 cm³/mol. The molecule has 1 amide bonds. The Morgan fingerprint density at radius 2 is 1.54 bits per heavy atom. The molecule has 1 heterocycles. The average molecular weight is 356 g/mol. The van der Waals surface area contributed by atoms with Crippen LogP contribution in [0.3, 0.4) is 0 Å². The van der Waals surface area contributed by atoms with Crippen molar-refractivity contribution in [3.05, 3.63) is 48.0 Å². The molecule has 0 aromatic heterocycles. The Morgan fingerprint density at radius 1 is 0.885 bits per heavy atom. The maximum Gasteiger partial charge on any atom is 0.409 e. The van der Waals surface area contributed by atoms with Crippen LogP contribution in [0.1, 0.15) is 5.56 Å². The zero-order chi connectivity index (χ0) is 18.5. The second-order valence-electron chi connectivity index (χ2n) is 6.10. The molecule has 0 unspecified atom stereocenters. The summed E-state index contributed by atoms with van der Waals surface area (Å²) >= 11 is 0. The van der Waals surface area contributed by atoms with Crippen molar-refractivity contribution in [1.29, 1.82) is 0 Å². The normalized spacial score (nSPS) is 14.1. The number of benzene rings is 2. The number of piperazine rings is 1. The SMILES string of the molecule is COC(=O)N1CCN(c2cccc(Oc3ccccc3OC)c2C)CC1. The third-order valence-electron chi connectivity index (χ3n) is 4.60. The van der Waals surface area contributed by atoms with Gasteiger partial charge in [-0.05, 0) is 31.2 Å². The summed E-state index contributed by atoms with van der Waals surface area (Å²) in [6.45, 7) is 4.85. The molecule has 0 aliphatic carbocycles. The first-order chi connectivity index (χ1) is 12.6. The summed E-state index contributed by atoms with van der Waals surface area (Å²) in [5.74, 6) is 2.18. The van der Waals surface area contributed by atoms with Gasteiger partial charge >= 0.3 is 6.09 Å². The average Bonchev–Trinajstić information content (AvgIpc) is 2.69. The fourth-order valence-corrected chi connectivity index (χ4v) is 3.14. The van der Waals surface area contributed by atoms with E-state index in [1.54, 1.807) is 12.0 Å². The van der Waals surface area contributed by atoms with Crippen molar-refractivity contribution in [1.82, 2.24) is 4.90 Å². The van der Waals surface area contributed by atoms with Crippen molar-refractivity contribution in [2.24, 2.45) is 0 Å². The summed E-state index contributed by atoms with van der Waals surface area (Å²) in [5, 5.41) is 0. The van der Waals surface area contributed by atoms with Crippen LogP contribution in [0.4, 0.5) is 10.5 Å². The van der Waals surface area contributed by atoms with Crippen molar-refractivity contribution in [2.45, 2.75) is 6.92 Å². The number of hydrogen-bond donors (Lipinski definition) is 0. The Bertz CT molecular complexity index is 770. The topological polar surface area (TPSA) is 51.2 Å². The summed E-state index contributed by atoms with van der Waals surface area (Å²) in [7, 11) is 3.05. The van der Waals surface area contributed by atoms with Crippen LogP contribution in [0.2, 0.25) is 0 Å². The molecule has 0 bridgehead atoms. The van der Waals surface area contributed by atoms with Crippen LogP contribution in [0, 0.1) is 6.92 Å². The highest BCUT2D eigenvalue weighted by Crippen LogP contribution is 2.36. The summed E-state index contributed by atoms with van der Waals surface area (Å²) in [6.07, 6.45) is -0.269. The number of hydrogen-bond acceptors (Lipinski definition) is 5. The lowest BCUT2D eigenvalue weighted by Crippen LogP contribution is -2.48. The molecule has 0 radical (unpaired) electrons. The fourth-order valence-electron chi connectivity index (χ4n) is 3.14. The minimum Gasteiger partial charge on any atom is -0.493 e. The maximum absolute atomic E-state index is 11.6. The summed E-state index contributed by atoms with van der Waals surface area (Å²) < 4.78 is 16.3. The number of methoxy groups -OCH3 is 2. The van der Waals surface area contributed by atoms with Crippen molar-refractivity contribution in [3.63, 3.8) is 0 Å². The number of rotatable bonds is 4. The molecule has 1 aliphatic heterocycles. The van der Waals surface area contributed by atoms with Crippen LogP contribution >= 0.6 is 0 Å². The summed E-state index contributed by atoms with van der Waals surface area (Å²) in [4.78, 5) is 15.6. The summed E-state index contributed by atoms with van der Waals surface area (Å²) in [6, 6.07) is 13.6. The van der Waals surface area contributed by atoms with E-state index in [9.17, 15) is 4.79 Å². The number of carbonyl (C=O) groups excluding carboxylic acids is 1. The van der Waals surface area contributed by atoms with Gasteiger partial charge in [0.15, 0.2) is 11.5 Å². The lowest BCUT2D eigenvalue weighted by molar-refractivity contribution is 0.121. The quantitative estimate of drug-likeness (QED) is 0.836. The van der Waals surface area contributed by atoms with Gasteiger partial charge in [-0.2, -0.15) is 0 Å². The number of ether oxygens (including phenoxy) is 3. The van der Waals surface area contributed by atoms with E-state index in [0.717, 1.165) is 30.1 Å². The standard InChI is InChI=1S/C20H24N2O4/c1-15-16(21-11-13-22(14-12-21)20(23)25-3)7-6-10-17(15)26-19-9-5-4-8-18(19)24-2/h4-10H,11-14H2,1-3H3. The largest absolute Gasteiger partial charge is 0.493 e. The maximum atomic E-state index is 11.6. The second kappa shape index (κ2) is 7.99. The number of nitrogens with zero attached hydrogens (tertiary/aromatic N) is 2. The van der Waals surface area contributed by atoms with Gasteiger partial charge in [0.1, 0.15) is 5.75 Å².